The van der Waals surface area contributed by atoms with E-state index in [0.717, 1.165) is 43.5 Å². The van der Waals surface area contributed by atoms with E-state index in [-0.39, 0.29) is 12.1 Å². The number of ether oxygens (including phenoxy) is 1. The van der Waals surface area contributed by atoms with Crippen molar-refractivity contribution in [2.45, 2.75) is 32.3 Å². The second-order valence-corrected chi connectivity index (χ2v) is 6.41. The largest absolute Gasteiger partial charge is 0.376 e. The molecule has 1 fully saturated rings. The summed E-state index contributed by atoms with van der Waals surface area (Å²) in [4.78, 5) is 18.7. The lowest BCUT2D eigenvalue weighted by molar-refractivity contribution is 0.0115. The van der Waals surface area contributed by atoms with E-state index >= 15 is 0 Å². The predicted octanol–water partition coefficient (Wildman–Crippen LogP) is 4.31. The molecule has 6 heteroatoms. The molecule has 1 N–H and O–H groups in total. The summed E-state index contributed by atoms with van der Waals surface area (Å²) >= 11 is 6.18. The number of hydrogen-bond donors (Lipinski definition) is 1. The van der Waals surface area contributed by atoms with E-state index in [2.05, 4.69) is 17.2 Å². The number of fused-ring (bicyclic) bond motifs is 1. The third-order valence-corrected chi connectivity index (χ3v) is 4.49. The highest BCUT2D eigenvalue weighted by molar-refractivity contribution is 6.35. The lowest BCUT2D eigenvalue weighted by Crippen LogP contribution is -2.45. The molecule has 2 aromatic rings. The Morgan fingerprint density at radius 1 is 1.46 bits per heavy atom. The highest BCUT2D eigenvalue weighted by Gasteiger charge is 2.24. The van der Waals surface area contributed by atoms with E-state index in [4.69, 9.17) is 16.3 Å². The third-order valence-electron chi connectivity index (χ3n) is 4.19. The average Bonchev–Trinajstić information content (AvgIpc) is 2.63. The van der Waals surface area contributed by atoms with E-state index in [0.29, 0.717) is 17.1 Å². The maximum absolute atomic E-state index is 12.6. The van der Waals surface area contributed by atoms with Crippen LogP contribution in [0.15, 0.2) is 30.5 Å². The van der Waals surface area contributed by atoms with Gasteiger partial charge in [-0.25, -0.2) is 4.79 Å². The Labute approximate surface area is 146 Å². The van der Waals surface area contributed by atoms with Crippen LogP contribution in [0, 0.1) is 0 Å². The van der Waals surface area contributed by atoms with Gasteiger partial charge in [0.2, 0.25) is 0 Å². The number of pyridine rings is 1. The number of carbonyl (C=O) groups excluding carboxylic acids is 1. The van der Waals surface area contributed by atoms with Gasteiger partial charge in [-0.05, 0) is 43.5 Å². The van der Waals surface area contributed by atoms with Crippen LogP contribution in [0.25, 0.3) is 10.9 Å². The predicted molar refractivity (Wildman–Crippen MR) is 96.6 cm³/mol. The first-order valence-corrected chi connectivity index (χ1v) is 8.77. The van der Waals surface area contributed by atoms with Gasteiger partial charge in [-0.2, -0.15) is 0 Å². The molecule has 1 atom stereocenters. The molecule has 2 heterocycles. The van der Waals surface area contributed by atoms with Gasteiger partial charge in [0, 0.05) is 31.3 Å². The summed E-state index contributed by atoms with van der Waals surface area (Å²) in [5.74, 6) is 0. The Hall–Kier alpha value is -1.85. The number of halogens is 1. The van der Waals surface area contributed by atoms with E-state index in [1.165, 1.54) is 0 Å². The quantitative estimate of drug-likeness (QED) is 0.896. The molecule has 5 nitrogen and oxygen atoms in total. The standard InChI is InChI=1S/C18H22ClN3O2/c1-2-11-24-13-5-4-10-22(12-13)18(23)21-16-8-7-15(19)17-14(16)6-3-9-20-17/h3,6-9,13H,2,4-5,10-12H2,1H3,(H,21,23). The molecule has 0 aliphatic carbocycles. The van der Waals surface area contributed by atoms with Gasteiger partial charge >= 0.3 is 6.03 Å². The molecule has 1 aromatic carbocycles. The van der Waals surface area contributed by atoms with Crippen LogP contribution < -0.4 is 5.32 Å². The fraction of sp³-hybridized carbons (Fsp3) is 0.444. The second kappa shape index (κ2) is 7.81. The zero-order valence-electron chi connectivity index (χ0n) is 13.8. The number of nitrogens with zero attached hydrogens (tertiary/aromatic N) is 2. The molecule has 1 saturated heterocycles. The Kier molecular flexibility index (Phi) is 5.53. The Bertz CT molecular complexity index is 722. The summed E-state index contributed by atoms with van der Waals surface area (Å²) in [7, 11) is 0. The average molecular weight is 348 g/mol. The first kappa shape index (κ1) is 17.0. The van der Waals surface area contributed by atoms with Gasteiger partial charge in [0.05, 0.1) is 22.3 Å². The molecule has 128 valence electrons. The van der Waals surface area contributed by atoms with Crippen LogP contribution in [-0.2, 0) is 4.74 Å². The molecule has 24 heavy (non-hydrogen) atoms. The van der Waals surface area contributed by atoms with Crippen LogP contribution in [0.4, 0.5) is 10.5 Å². The maximum atomic E-state index is 12.6. The lowest BCUT2D eigenvalue weighted by Gasteiger charge is -2.32. The fourth-order valence-electron chi connectivity index (χ4n) is 2.98. The summed E-state index contributed by atoms with van der Waals surface area (Å²) in [5, 5.41) is 4.41. The SMILES string of the molecule is CCCOC1CCCN(C(=O)Nc2ccc(Cl)c3ncccc23)C1. The summed E-state index contributed by atoms with van der Waals surface area (Å²) < 4.78 is 5.80. The number of amides is 2. The molecule has 0 bridgehead atoms. The topological polar surface area (TPSA) is 54.5 Å². The van der Waals surface area contributed by atoms with Crippen molar-refractivity contribution in [2.75, 3.05) is 25.0 Å². The monoisotopic (exact) mass is 347 g/mol. The number of nitrogens with one attached hydrogen (secondary N) is 1. The van der Waals surface area contributed by atoms with E-state index in [1.807, 2.05) is 23.1 Å². The summed E-state index contributed by atoms with van der Waals surface area (Å²) in [6.45, 7) is 4.22. The number of likely N-dealkylation sites (tertiary alicyclic amines) is 1. The zero-order valence-corrected chi connectivity index (χ0v) is 14.6. The minimum Gasteiger partial charge on any atom is -0.376 e. The van der Waals surface area contributed by atoms with Crippen molar-refractivity contribution >= 4 is 34.2 Å². The van der Waals surface area contributed by atoms with Crippen molar-refractivity contribution in [3.63, 3.8) is 0 Å². The van der Waals surface area contributed by atoms with Crippen molar-refractivity contribution in [3.05, 3.63) is 35.5 Å². The van der Waals surface area contributed by atoms with E-state index in [1.54, 1.807) is 12.3 Å². The van der Waals surface area contributed by atoms with Crippen molar-refractivity contribution in [1.82, 2.24) is 9.88 Å². The molecule has 1 aliphatic rings. The number of rotatable bonds is 4. The lowest BCUT2D eigenvalue weighted by atomic mass is 10.1. The van der Waals surface area contributed by atoms with Gasteiger partial charge in [0.25, 0.3) is 0 Å². The molecular weight excluding hydrogens is 326 g/mol. The van der Waals surface area contributed by atoms with E-state index < -0.39 is 0 Å². The highest BCUT2D eigenvalue weighted by Crippen LogP contribution is 2.28. The van der Waals surface area contributed by atoms with Crippen LogP contribution in [0.2, 0.25) is 5.02 Å². The molecule has 1 unspecified atom stereocenters. The number of urea groups is 1. The van der Waals surface area contributed by atoms with Crippen LogP contribution >= 0.6 is 11.6 Å². The number of anilines is 1. The first-order chi connectivity index (χ1) is 11.7. The van der Waals surface area contributed by atoms with Crippen LogP contribution in [0.3, 0.4) is 0 Å². The third kappa shape index (κ3) is 3.79. The molecule has 0 spiro atoms. The molecule has 3 rings (SSSR count). The van der Waals surface area contributed by atoms with Crippen LogP contribution in [-0.4, -0.2) is 41.7 Å². The molecular formula is C18H22ClN3O2. The van der Waals surface area contributed by atoms with Crippen molar-refractivity contribution < 1.29 is 9.53 Å². The Balaban J connectivity index is 1.72. The highest BCUT2D eigenvalue weighted by atomic mass is 35.5. The van der Waals surface area contributed by atoms with Crippen molar-refractivity contribution in [3.8, 4) is 0 Å². The summed E-state index contributed by atoms with van der Waals surface area (Å²) in [6, 6.07) is 7.22. The van der Waals surface area contributed by atoms with Gasteiger partial charge in [0.15, 0.2) is 0 Å². The van der Waals surface area contributed by atoms with Crippen molar-refractivity contribution in [2.24, 2.45) is 0 Å². The van der Waals surface area contributed by atoms with Gasteiger partial charge < -0.3 is 15.0 Å². The molecule has 2 amide bonds. The Morgan fingerprint density at radius 3 is 3.17 bits per heavy atom. The minimum atomic E-state index is -0.104. The number of benzene rings is 1. The summed E-state index contributed by atoms with van der Waals surface area (Å²) in [5.41, 5.74) is 1.42. The minimum absolute atomic E-state index is 0.104. The normalized spacial score (nSPS) is 17.9. The Morgan fingerprint density at radius 2 is 2.33 bits per heavy atom. The molecule has 0 saturated carbocycles. The van der Waals surface area contributed by atoms with E-state index in [9.17, 15) is 4.79 Å². The number of piperidine rings is 1. The first-order valence-electron chi connectivity index (χ1n) is 8.39. The van der Waals surface area contributed by atoms with Crippen LogP contribution in [0.1, 0.15) is 26.2 Å². The maximum Gasteiger partial charge on any atom is 0.321 e. The van der Waals surface area contributed by atoms with Gasteiger partial charge in [0.1, 0.15) is 0 Å². The number of hydrogen-bond acceptors (Lipinski definition) is 3. The van der Waals surface area contributed by atoms with Gasteiger partial charge in [-0.1, -0.05) is 18.5 Å². The number of aromatic nitrogens is 1. The fourth-order valence-corrected chi connectivity index (χ4v) is 3.20. The molecule has 1 aliphatic heterocycles. The number of carbonyl (C=O) groups is 1. The second-order valence-electron chi connectivity index (χ2n) is 6.01. The van der Waals surface area contributed by atoms with Crippen molar-refractivity contribution in [1.29, 1.82) is 0 Å². The zero-order chi connectivity index (χ0) is 16.9. The van der Waals surface area contributed by atoms with Gasteiger partial charge in [-0.3, -0.25) is 4.98 Å². The van der Waals surface area contributed by atoms with Crippen LogP contribution in [0.5, 0.6) is 0 Å². The molecule has 0 radical (unpaired) electrons. The van der Waals surface area contributed by atoms with Gasteiger partial charge in [-0.15, -0.1) is 0 Å². The molecule has 1 aromatic heterocycles. The summed E-state index contributed by atoms with van der Waals surface area (Å²) in [6.07, 6.45) is 4.79. The smallest absolute Gasteiger partial charge is 0.321 e.